The molecule has 7 heteroatoms. The molecule has 0 aromatic heterocycles. The van der Waals surface area contributed by atoms with Gasteiger partial charge in [0, 0.05) is 13.1 Å². The topological polar surface area (TPSA) is 79.3 Å². The minimum Gasteiger partial charge on any atom is -0.447 e. The summed E-state index contributed by atoms with van der Waals surface area (Å²) in [4.78, 5) is 26.3. The van der Waals surface area contributed by atoms with Crippen LogP contribution < -0.4 is 0 Å². The number of amides is 2. The van der Waals surface area contributed by atoms with Gasteiger partial charge < -0.3 is 14.6 Å². The van der Waals surface area contributed by atoms with E-state index in [-0.39, 0.29) is 31.8 Å². The molecular weight excluding hydrogens is 252 g/mol. The predicted molar refractivity (Wildman–Crippen MR) is 65.5 cm³/mol. The van der Waals surface area contributed by atoms with Crippen LogP contribution >= 0.6 is 0 Å². The first-order valence-corrected chi connectivity index (χ1v) is 6.39. The SMILES string of the molecule is CC1(C)CN(CC(=O)N2CCOC2=O)CC(CO)O1. The maximum Gasteiger partial charge on any atom is 0.416 e. The van der Waals surface area contributed by atoms with Crippen LogP contribution in [0.4, 0.5) is 4.79 Å². The number of carbonyl (C=O) groups excluding carboxylic acids is 2. The Hall–Kier alpha value is -1.18. The number of cyclic esters (lactones) is 1. The van der Waals surface area contributed by atoms with E-state index in [2.05, 4.69) is 0 Å². The van der Waals surface area contributed by atoms with E-state index in [0.717, 1.165) is 4.90 Å². The molecule has 19 heavy (non-hydrogen) atoms. The van der Waals surface area contributed by atoms with E-state index in [1.165, 1.54) is 0 Å². The first-order valence-electron chi connectivity index (χ1n) is 6.39. The van der Waals surface area contributed by atoms with Crippen molar-refractivity contribution in [3.05, 3.63) is 0 Å². The molecule has 0 aromatic carbocycles. The van der Waals surface area contributed by atoms with Crippen molar-refractivity contribution in [1.29, 1.82) is 0 Å². The third kappa shape index (κ3) is 3.43. The second kappa shape index (κ2) is 5.44. The Balaban J connectivity index is 1.94. The number of hydrogen-bond donors (Lipinski definition) is 1. The van der Waals surface area contributed by atoms with Gasteiger partial charge in [-0.15, -0.1) is 0 Å². The van der Waals surface area contributed by atoms with E-state index >= 15 is 0 Å². The lowest BCUT2D eigenvalue weighted by Gasteiger charge is -2.42. The van der Waals surface area contributed by atoms with Gasteiger partial charge in [-0.25, -0.2) is 9.69 Å². The Labute approximate surface area is 112 Å². The van der Waals surface area contributed by atoms with Gasteiger partial charge in [0.2, 0.25) is 5.91 Å². The zero-order valence-electron chi connectivity index (χ0n) is 11.3. The average Bonchev–Trinajstić information content (AvgIpc) is 2.73. The van der Waals surface area contributed by atoms with Gasteiger partial charge in [0.05, 0.1) is 31.4 Å². The van der Waals surface area contributed by atoms with Gasteiger partial charge in [0.15, 0.2) is 0 Å². The number of imide groups is 1. The molecule has 2 aliphatic heterocycles. The van der Waals surface area contributed by atoms with Gasteiger partial charge in [0.25, 0.3) is 0 Å². The molecule has 2 heterocycles. The van der Waals surface area contributed by atoms with Gasteiger partial charge in [-0.3, -0.25) is 9.69 Å². The number of nitrogens with zero attached hydrogens (tertiary/aromatic N) is 2. The second-order valence-corrected chi connectivity index (χ2v) is 5.51. The zero-order valence-corrected chi connectivity index (χ0v) is 11.3. The van der Waals surface area contributed by atoms with Crippen molar-refractivity contribution in [2.45, 2.75) is 25.6 Å². The summed E-state index contributed by atoms with van der Waals surface area (Å²) in [6.07, 6.45) is -0.877. The van der Waals surface area contributed by atoms with Gasteiger partial charge in [-0.2, -0.15) is 0 Å². The fourth-order valence-corrected chi connectivity index (χ4v) is 2.53. The molecule has 0 radical (unpaired) electrons. The number of rotatable bonds is 3. The normalized spacial score (nSPS) is 27.4. The van der Waals surface area contributed by atoms with Gasteiger partial charge in [-0.1, -0.05) is 0 Å². The number of ether oxygens (including phenoxy) is 2. The molecule has 2 rings (SSSR count). The molecule has 1 N–H and O–H groups in total. The highest BCUT2D eigenvalue weighted by atomic mass is 16.6. The molecule has 2 fully saturated rings. The number of hydrogen-bond acceptors (Lipinski definition) is 6. The van der Waals surface area contributed by atoms with E-state index in [1.54, 1.807) is 0 Å². The summed E-state index contributed by atoms with van der Waals surface area (Å²) in [5, 5.41) is 9.21. The van der Waals surface area contributed by atoms with Crippen molar-refractivity contribution < 1.29 is 24.2 Å². The van der Waals surface area contributed by atoms with Crippen LogP contribution in [0.25, 0.3) is 0 Å². The molecule has 1 atom stereocenters. The maximum absolute atomic E-state index is 12.0. The number of carbonyl (C=O) groups is 2. The molecule has 0 aromatic rings. The van der Waals surface area contributed by atoms with Crippen molar-refractivity contribution in [3.63, 3.8) is 0 Å². The summed E-state index contributed by atoms with van der Waals surface area (Å²) in [7, 11) is 0. The van der Waals surface area contributed by atoms with Crippen molar-refractivity contribution >= 4 is 12.0 Å². The van der Waals surface area contributed by atoms with E-state index in [4.69, 9.17) is 9.47 Å². The van der Waals surface area contributed by atoms with Crippen LogP contribution in [-0.4, -0.2) is 78.0 Å². The van der Waals surface area contributed by atoms with Crippen molar-refractivity contribution in [1.82, 2.24) is 9.80 Å². The lowest BCUT2D eigenvalue weighted by molar-refractivity contribution is -0.155. The Morgan fingerprint density at radius 3 is 2.84 bits per heavy atom. The van der Waals surface area contributed by atoms with Crippen molar-refractivity contribution in [3.8, 4) is 0 Å². The Bertz CT molecular complexity index is 371. The minimum absolute atomic E-state index is 0.0835. The monoisotopic (exact) mass is 272 g/mol. The molecule has 2 saturated heterocycles. The van der Waals surface area contributed by atoms with Crippen molar-refractivity contribution in [2.75, 3.05) is 39.4 Å². The zero-order chi connectivity index (χ0) is 14.0. The van der Waals surface area contributed by atoms with Crippen LogP contribution in [0, 0.1) is 0 Å². The standard InChI is InChI=1S/C12H20N2O5/c1-12(2)8-13(5-9(7-15)19-12)6-10(16)14-3-4-18-11(14)17/h9,15H,3-8H2,1-2H3. The van der Waals surface area contributed by atoms with Gasteiger partial charge in [0.1, 0.15) is 6.61 Å². The van der Waals surface area contributed by atoms with Crippen LogP contribution in [0.3, 0.4) is 0 Å². The molecule has 0 aliphatic carbocycles. The quantitative estimate of drug-likeness (QED) is 0.741. The summed E-state index contributed by atoms with van der Waals surface area (Å²) < 4.78 is 10.4. The Morgan fingerprint density at radius 2 is 2.26 bits per heavy atom. The molecule has 0 bridgehead atoms. The third-order valence-corrected chi connectivity index (χ3v) is 3.18. The molecule has 0 saturated carbocycles. The van der Waals surface area contributed by atoms with E-state index in [1.807, 2.05) is 18.7 Å². The summed E-state index contributed by atoms with van der Waals surface area (Å²) in [6, 6.07) is 0. The predicted octanol–water partition coefficient (Wildman–Crippen LogP) is -0.563. The minimum atomic E-state index is -0.573. The molecule has 0 spiro atoms. The molecular formula is C12H20N2O5. The molecule has 108 valence electrons. The fourth-order valence-electron chi connectivity index (χ4n) is 2.53. The summed E-state index contributed by atoms with van der Waals surface area (Å²) in [5.41, 5.74) is -0.419. The maximum atomic E-state index is 12.0. The molecule has 2 amide bonds. The van der Waals surface area contributed by atoms with Crippen LogP contribution in [0.2, 0.25) is 0 Å². The smallest absolute Gasteiger partial charge is 0.416 e. The van der Waals surface area contributed by atoms with Crippen molar-refractivity contribution in [2.24, 2.45) is 0 Å². The third-order valence-electron chi connectivity index (χ3n) is 3.18. The summed E-state index contributed by atoms with van der Waals surface area (Å²) >= 11 is 0. The average molecular weight is 272 g/mol. The highest BCUT2D eigenvalue weighted by Crippen LogP contribution is 2.21. The lowest BCUT2D eigenvalue weighted by Crippen LogP contribution is -2.56. The second-order valence-electron chi connectivity index (χ2n) is 5.51. The van der Waals surface area contributed by atoms with Crippen LogP contribution in [-0.2, 0) is 14.3 Å². The van der Waals surface area contributed by atoms with Gasteiger partial charge >= 0.3 is 6.09 Å². The highest BCUT2D eigenvalue weighted by molar-refractivity contribution is 5.94. The molecule has 2 aliphatic rings. The number of aliphatic hydroxyl groups excluding tert-OH is 1. The largest absolute Gasteiger partial charge is 0.447 e. The van der Waals surface area contributed by atoms with Crippen LogP contribution in [0.1, 0.15) is 13.8 Å². The fraction of sp³-hybridized carbons (Fsp3) is 0.833. The van der Waals surface area contributed by atoms with Crippen LogP contribution in [0.15, 0.2) is 0 Å². The van der Waals surface area contributed by atoms with Gasteiger partial charge in [-0.05, 0) is 13.8 Å². The first-order chi connectivity index (χ1) is 8.91. The van der Waals surface area contributed by atoms with E-state index in [9.17, 15) is 14.7 Å². The molecule has 7 nitrogen and oxygen atoms in total. The number of morpholine rings is 1. The first kappa shape index (κ1) is 14.2. The lowest BCUT2D eigenvalue weighted by atomic mass is 10.1. The van der Waals surface area contributed by atoms with E-state index < -0.39 is 11.7 Å². The molecule has 1 unspecified atom stereocenters. The Kier molecular flexibility index (Phi) is 4.07. The highest BCUT2D eigenvalue weighted by Gasteiger charge is 2.36. The number of aliphatic hydroxyl groups is 1. The summed E-state index contributed by atoms with van der Waals surface area (Å²) in [5.74, 6) is -0.267. The Morgan fingerprint density at radius 1 is 1.53 bits per heavy atom. The summed E-state index contributed by atoms with van der Waals surface area (Å²) in [6.45, 7) is 5.52. The van der Waals surface area contributed by atoms with E-state index in [0.29, 0.717) is 19.6 Å². The van der Waals surface area contributed by atoms with Crippen LogP contribution in [0.5, 0.6) is 0 Å².